The van der Waals surface area contributed by atoms with E-state index >= 15 is 0 Å². The number of morpholine rings is 1. The molecule has 1 aromatic heterocycles. The summed E-state index contributed by atoms with van der Waals surface area (Å²) in [6.07, 6.45) is 4.32. The molecule has 1 aliphatic rings. The molecule has 1 aromatic rings. The van der Waals surface area contributed by atoms with Crippen molar-refractivity contribution in [1.82, 2.24) is 15.2 Å². The van der Waals surface area contributed by atoms with Gasteiger partial charge in [-0.2, -0.15) is 0 Å². The number of nitrogens with zero attached hydrogens (tertiary/aromatic N) is 2. The van der Waals surface area contributed by atoms with Crippen LogP contribution >= 0.6 is 11.3 Å². The maximum absolute atomic E-state index is 11.9. The van der Waals surface area contributed by atoms with Gasteiger partial charge < -0.3 is 10.1 Å². The fourth-order valence-corrected chi connectivity index (χ4v) is 2.70. The molecule has 19 heavy (non-hydrogen) atoms. The normalized spacial score (nSPS) is 16.2. The summed E-state index contributed by atoms with van der Waals surface area (Å²) in [6, 6.07) is 0. The average Bonchev–Trinajstić information content (AvgIpc) is 2.89. The topological polar surface area (TPSA) is 54.5 Å². The van der Waals surface area contributed by atoms with Crippen molar-refractivity contribution < 1.29 is 9.53 Å². The molecule has 1 saturated heterocycles. The van der Waals surface area contributed by atoms with E-state index in [0.29, 0.717) is 11.6 Å². The quantitative estimate of drug-likeness (QED) is 0.788. The van der Waals surface area contributed by atoms with Gasteiger partial charge in [-0.05, 0) is 0 Å². The minimum absolute atomic E-state index is 0.0893. The number of carbonyl (C=O) groups excluding carboxylic acids is 1. The van der Waals surface area contributed by atoms with Gasteiger partial charge in [-0.15, -0.1) is 17.9 Å². The van der Waals surface area contributed by atoms with Crippen molar-refractivity contribution in [3.8, 4) is 0 Å². The number of amides is 1. The van der Waals surface area contributed by atoms with E-state index in [1.807, 2.05) is 6.08 Å². The molecular formula is C13H19N3O2S. The van der Waals surface area contributed by atoms with E-state index in [2.05, 4.69) is 21.8 Å². The van der Waals surface area contributed by atoms with E-state index in [-0.39, 0.29) is 5.91 Å². The third kappa shape index (κ3) is 4.41. The second-order valence-corrected chi connectivity index (χ2v) is 5.45. The van der Waals surface area contributed by atoms with E-state index in [1.165, 1.54) is 11.3 Å². The number of thiazole rings is 1. The number of aromatic nitrogens is 1. The summed E-state index contributed by atoms with van der Waals surface area (Å²) >= 11 is 1.42. The standard InChI is InChI=1S/C13H19N3O2S/c1-2-3-11-10-15-13(19-11)12(17)14-4-5-16-6-8-18-9-7-16/h2,10H,1,3-9H2,(H,14,17). The van der Waals surface area contributed by atoms with E-state index in [4.69, 9.17) is 4.74 Å². The van der Waals surface area contributed by atoms with Gasteiger partial charge in [-0.3, -0.25) is 9.69 Å². The van der Waals surface area contributed by atoms with Gasteiger partial charge in [0.15, 0.2) is 5.01 Å². The lowest BCUT2D eigenvalue weighted by Gasteiger charge is -2.26. The molecule has 104 valence electrons. The lowest BCUT2D eigenvalue weighted by atomic mass is 10.4. The van der Waals surface area contributed by atoms with Gasteiger partial charge in [-0.1, -0.05) is 6.08 Å². The molecule has 0 aromatic carbocycles. The molecule has 1 aliphatic heterocycles. The first-order valence-corrected chi connectivity index (χ1v) is 7.25. The first-order chi connectivity index (χ1) is 9.29. The molecule has 2 rings (SSSR count). The van der Waals surface area contributed by atoms with Crippen molar-refractivity contribution in [3.05, 3.63) is 28.7 Å². The Balaban J connectivity index is 1.72. The van der Waals surface area contributed by atoms with E-state index in [1.54, 1.807) is 6.20 Å². The summed E-state index contributed by atoms with van der Waals surface area (Å²) in [6.45, 7) is 8.63. The summed E-state index contributed by atoms with van der Waals surface area (Å²) in [5.41, 5.74) is 0. The van der Waals surface area contributed by atoms with Crippen molar-refractivity contribution in [2.45, 2.75) is 6.42 Å². The van der Waals surface area contributed by atoms with Gasteiger partial charge in [0.05, 0.1) is 13.2 Å². The molecule has 0 unspecified atom stereocenters. The molecule has 0 aliphatic carbocycles. The highest BCUT2D eigenvalue weighted by Gasteiger charge is 2.12. The van der Waals surface area contributed by atoms with Crippen molar-refractivity contribution >= 4 is 17.2 Å². The lowest BCUT2D eigenvalue weighted by molar-refractivity contribution is 0.0383. The predicted octanol–water partition coefficient (Wildman–Crippen LogP) is 0.934. The monoisotopic (exact) mass is 281 g/mol. The van der Waals surface area contributed by atoms with Gasteiger partial charge in [0.25, 0.3) is 5.91 Å². The first kappa shape index (κ1) is 14.2. The number of hydrogen-bond acceptors (Lipinski definition) is 5. The summed E-state index contributed by atoms with van der Waals surface area (Å²) in [5, 5.41) is 3.43. The summed E-state index contributed by atoms with van der Waals surface area (Å²) < 4.78 is 5.28. The summed E-state index contributed by atoms with van der Waals surface area (Å²) in [4.78, 5) is 19.3. The maximum Gasteiger partial charge on any atom is 0.280 e. The minimum atomic E-state index is -0.0893. The van der Waals surface area contributed by atoms with Gasteiger partial charge in [-0.25, -0.2) is 4.98 Å². The van der Waals surface area contributed by atoms with Crippen LogP contribution in [0.4, 0.5) is 0 Å². The second-order valence-electron chi connectivity index (χ2n) is 4.33. The molecule has 1 fully saturated rings. The van der Waals surface area contributed by atoms with Crippen LogP contribution in [0, 0.1) is 0 Å². The highest BCUT2D eigenvalue weighted by molar-refractivity contribution is 7.13. The predicted molar refractivity (Wildman–Crippen MR) is 75.6 cm³/mol. The number of nitrogens with one attached hydrogen (secondary N) is 1. The van der Waals surface area contributed by atoms with Gasteiger partial charge in [0.2, 0.25) is 0 Å². The molecule has 0 atom stereocenters. The van der Waals surface area contributed by atoms with Crippen LogP contribution in [0.1, 0.15) is 14.7 Å². The second kappa shape index (κ2) is 7.37. The molecule has 0 radical (unpaired) electrons. The molecule has 0 bridgehead atoms. The van der Waals surface area contributed by atoms with Crippen LogP contribution in [0.25, 0.3) is 0 Å². The minimum Gasteiger partial charge on any atom is -0.379 e. The lowest BCUT2D eigenvalue weighted by Crippen LogP contribution is -2.41. The smallest absolute Gasteiger partial charge is 0.280 e. The van der Waals surface area contributed by atoms with Crippen LogP contribution in [0.5, 0.6) is 0 Å². The Hall–Kier alpha value is -1.24. The van der Waals surface area contributed by atoms with E-state index < -0.39 is 0 Å². The zero-order valence-corrected chi connectivity index (χ0v) is 11.7. The zero-order chi connectivity index (χ0) is 13.5. The number of ether oxygens (including phenoxy) is 1. The van der Waals surface area contributed by atoms with E-state index in [0.717, 1.165) is 44.1 Å². The first-order valence-electron chi connectivity index (χ1n) is 6.43. The van der Waals surface area contributed by atoms with Crippen LogP contribution < -0.4 is 5.32 Å². The zero-order valence-electron chi connectivity index (χ0n) is 10.9. The average molecular weight is 281 g/mol. The maximum atomic E-state index is 11.9. The number of allylic oxidation sites excluding steroid dienone is 1. The van der Waals surface area contributed by atoms with Crippen LogP contribution in [0.2, 0.25) is 0 Å². The highest BCUT2D eigenvalue weighted by Crippen LogP contribution is 2.13. The van der Waals surface area contributed by atoms with Crippen molar-refractivity contribution in [2.75, 3.05) is 39.4 Å². The molecule has 5 nitrogen and oxygen atoms in total. The Labute approximate surface area is 117 Å². The molecular weight excluding hydrogens is 262 g/mol. The molecule has 0 saturated carbocycles. The van der Waals surface area contributed by atoms with E-state index in [9.17, 15) is 4.79 Å². The van der Waals surface area contributed by atoms with Gasteiger partial charge in [0, 0.05) is 43.7 Å². The molecule has 6 heteroatoms. The molecule has 1 amide bonds. The van der Waals surface area contributed by atoms with Gasteiger partial charge >= 0.3 is 0 Å². The molecule has 1 N–H and O–H groups in total. The van der Waals surface area contributed by atoms with Crippen LogP contribution in [-0.4, -0.2) is 55.2 Å². The van der Waals surface area contributed by atoms with Crippen molar-refractivity contribution in [2.24, 2.45) is 0 Å². The highest BCUT2D eigenvalue weighted by atomic mass is 32.1. The van der Waals surface area contributed by atoms with Crippen molar-refractivity contribution in [3.63, 3.8) is 0 Å². The SMILES string of the molecule is C=CCc1cnc(C(=O)NCCN2CCOCC2)s1. The van der Waals surface area contributed by atoms with Crippen LogP contribution in [0.15, 0.2) is 18.9 Å². The molecule has 2 heterocycles. The number of carbonyl (C=O) groups is 1. The fraction of sp³-hybridized carbons (Fsp3) is 0.538. The Bertz CT molecular complexity index is 427. The van der Waals surface area contributed by atoms with Crippen LogP contribution in [0.3, 0.4) is 0 Å². The number of hydrogen-bond donors (Lipinski definition) is 1. The Kier molecular flexibility index (Phi) is 5.50. The van der Waals surface area contributed by atoms with Crippen molar-refractivity contribution in [1.29, 1.82) is 0 Å². The van der Waals surface area contributed by atoms with Crippen LogP contribution in [-0.2, 0) is 11.2 Å². The Morgan fingerprint density at radius 1 is 1.58 bits per heavy atom. The Morgan fingerprint density at radius 2 is 2.37 bits per heavy atom. The number of rotatable bonds is 6. The fourth-order valence-electron chi connectivity index (χ4n) is 1.88. The largest absolute Gasteiger partial charge is 0.379 e. The summed E-state index contributed by atoms with van der Waals surface area (Å²) in [7, 11) is 0. The third-order valence-corrected chi connectivity index (χ3v) is 3.93. The Morgan fingerprint density at radius 3 is 3.11 bits per heavy atom. The molecule has 0 spiro atoms. The summed E-state index contributed by atoms with van der Waals surface area (Å²) in [5.74, 6) is -0.0893. The third-order valence-electron chi connectivity index (χ3n) is 2.91. The van der Waals surface area contributed by atoms with Gasteiger partial charge in [0.1, 0.15) is 0 Å².